The Balaban J connectivity index is 2.07. The molecule has 3 aromatic rings. The molecule has 0 amide bonds. The van der Waals surface area contributed by atoms with Crippen LogP contribution in [0.1, 0.15) is 36.3 Å². The average Bonchev–Trinajstić information content (AvgIpc) is 2.76. The maximum Gasteiger partial charge on any atom is 0.352 e. The normalized spacial score (nSPS) is 12.8. The fourth-order valence-corrected chi connectivity index (χ4v) is 5.80. The largest absolute Gasteiger partial charge is 0.352 e. The standard InChI is InChI=1S/C25H30NO3P/c1-3-28-30(27,29-4-2)25(24-18-12-7-13-19-24)26(20-22-14-8-5-9-15-22)21-23-16-10-6-11-17-23/h5-19,25H,3-4,20-21H2,1-2H3. The summed E-state index contributed by atoms with van der Waals surface area (Å²) < 4.78 is 25.7. The fraction of sp³-hybridized carbons (Fsp3) is 0.280. The van der Waals surface area contributed by atoms with Gasteiger partial charge >= 0.3 is 7.60 Å². The van der Waals surface area contributed by atoms with E-state index >= 15 is 0 Å². The van der Waals surface area contributed by atoms with E-state index in [4.69, 9.17) is 9.05 Å². The van der Waals surface area contributed by atoms with Crippen molar-refractivity contribution in [3.8, 4) is 0 Å². The third-order valence-electron chi connectivity index (χ3n) is 4.82. The van der Waals surface area contributed by atoms with Gasteiger partial charge in [0.25, 0.3) is 0 Å². The van der Waals surface area contributed by atoms with Crippen molar-refractivity contribution in [1.29, 1.82) is 0 Å². The van der Waals surface area contributed by atoms with E-state index in [1.54, 1.807) is 0 Å². The fourth-order valence-electron chi connectivity index (χ4n) is 3.62. The van der Waals surface area contributed by atoms with Gasteiger partial charge in [-0.05, 0) is 30.5 Å². The zero-order valence-corrected chi connectivity index (χ0v) is 18.6. The summed E-state index contributed by atoms with van der Waals surface area (Å²) in [6, 6.07) is 30.4. The molecule has 0 heterocycles. The van der Waals surface area contributed by atoms with Crippen molar-refractivity contribution in [3.63, 3.8) is 0 Å². The summed E-state index contributed by atoms with van der Waals surface area (Å²) in [6.45, 7) is 5.61. The van der Waals surface area contributed by atoms with E-state index in [1.165, 1.54) is 0 Å². The highest BCUT2D eigenvalue weighted by molar-refractivity contribution is 7.54. The molecule has 0 aliphatic rings. The van der Waals surface area contributed by atoms with Crippen molar-refractivity contribution in [2.24, 2.45) is 0 Å². The van der Waals surface area contributed by atoms with Gasteiger partial charge in [0.05, 0.1) is 13.2 Å². The first-order valence-corrected chi connectivity index (χ1v) is 12.0. The number of hydrogen-bond donors (Lipinski definition) is 0. The van der Waals surface area contributed by atoms with E-state index in [0.29, 0.717) is 26.3 Å². The molecule has 158 valence electrons. The summed E-state index contributed by atoms with van der Waals surface area (Å²) in [4.78, 5) is 2.20. The molecule has 0 radical (unpaired) electrons. The van der Waals surface area contributed by atoms with Gasteiger partial charge < -0.3 is 9.05 Å². The van der Waals surface area contributed by atoms with Gasteiger partial charge in [-0.25, -0.2) is 0 Å². The second kappa shape index (κ2) is 11.2. The lowest BCUT2D eigenvalue weighted by Crippen LogP contribution is -2.29. The van der Waals surface area contributed by atoms with Crippen LogP contribution in [-0.4, -0.2) is 18.1 Å². The van der Waals surface area contributed by atoms with Crippen LogP contribution in [0.2, 0.25) is 0 Å². The molecule has 1 atom stereocenters. The first kappa shape index (κ1) is 22.5. The molecule has 3 rings (SSSR count). The average molecular weight is 423 g/mol. The highest BCUT2D eigenvalue weighted by Crippen LogP contribution is 2.62. The predicted molar refractivity (Wildman–Crippen MR) is 122 cm³/mol. The lowest BCUT2D eigenvalue weighted by molar-refractivity contribution is 0.154. The van der Waals surface area contributed by atoms with Crippen LogP contribution in [0.25, 0.3) is 0 Å². The van der Waals surface area contributed by atoms with Crippen LogP contribution in [0.15, 0.2) is 91.0 Å². The Morgan fingerprint density at radius 3 is 1.50 bits per heavy atom. The van der Waals surface area contributed by atoms with Crippen LogP contribution in [0.4, 0.5) is 0 Å². The van der Waals surface area contributed by atoms with Crippen molar-refractivity contribution in [2.45, 2.75) is 32.7 Å². The lowest BCUT2D eigenvalue weighted by atomic mass is 10.1. The second-order valence-corrected chi connectivity index (χ2v) is 9.12. The van der Waals surface area contributed by atoms with Crippen LogP contribution in [0.3, 0.4) is 0 Å². The number of rotatable bonds is 11. The van der Waals surface area contributed by atoms with Gasteiger partial charge in [0.2, 0.25) is 0 Å². The first-order valence-electron chi connectivity index (χ1n) is 10.4. The molecular weight excluding hydrogens is 393 g/mol. The number of benzene rings is 3. The third kappa shape index (κ3) is 5.90. The van der Waals surface area contributed by atoms with Gasteiger partial charge in [0.1, 0.15) is 5.78 Å². The highest BCUT2D eigenvalue weighted by Gasteiger charge is 2.41. The minimum atomic E-state index is -3.46. The number of hydrogen-bond acceptors (Lipinski definition) is 4. The van der Waals surface area contributed by atoms with Crippen LogP contribution in [-0.2, 0) is 26.7 Å². The molecule has 0 bridgehead atoms. The van der Waals surface area contributed by atoms with Crippen LogP contribution in [0, 0.1) is 0 Å². The Bertz CT molecular complexity index is 867. The molecule has 0 saturated heterocycles. The molecule has 4 nitrogen and oxygen atoms in total. The maximum absolute atomic E-state index is 14.0. The van der Waals surface area contributed by atoms with Gasteiger partial charge in [0.15, 0.2) is 0 Å². The summed E-state index contributed by atoms with van der Waals surface area (Å²) in [6.07, 6.45) is 0. The molecule has 1 unspecified atom stereocenters. The van der Waals surface area contributed by atoms with E-state index in [2.05, 4.69) is 29.2 Å². The smallest absolute Gasteiger partial charge is 0.308 e. The zero-order chi connectivity index (χ0) is 21.2. The van der Waals surface area contributed by atoms with Crippen molar-refractivity contribution in [2.75, 3.05) is 13.2 Å². The van der Waals surface area contributed by atoms with Gasteiger partial charge in [-0.2, -0.15) is 0 Å². The summed E-state index contributed by atoms with van der Waals surface area (Å²) >= 11 is 0. The molecular formula is C25H30NO3P. The van der Waals surface area contributed by atoms with Crippen LogP contribution < -0.4 is 0 Å². The summed E-state index contributed by atoms with van der Waals surface area (Å²) in [5.74, 6) is -0.515. The van der Waals surface area contributed by atoms with Crippen molar-refractivity contribution < 1.29 is 13.6 Å². The van der Waals surface area contributed by atoms with E-state index < -0.39 is 13.4 Å². The summed E-state index contributed by atoms with van der Waals surface area (Å²) in [7, 11) is -3.46. The summed E-state index contributed by atoms with van der Waals surface area (Å²) in [5.41, 5.74) is 3.22. The predicted octanol–water partition coefficient (Wildman–Crippen LogP) is 6.65. The minimum Gasteiger partial charge on any atom is -0.308 e. The third-order valence-corrected chi connectivity index (χ3v) is 7.28. The number of nitrogens with zero attached hydrogens (tertiary/aromatic N) is 1. The van der Waals surface area contributed by atoms with Crippen LogP contribution in [0.5, 0.6) is 0 Å². The SMILES string of the molecule is CCOP(=O)(OCC)C(c1ccccc1)N(Cc1ccccc1)Cc1ccccc1. The molecule has 0 aromatic heterocycles. The van der Waals surface area contributed by atoms with E-state index in [-0.39, 0.29) is 0 Å². The zero-order valence-electron chi connectivity index (χ0n) is 17.7. The molecule has 0 saturated carbocycles. The van der Waals surface area contributed by atoms with Gasteiger partial charge in [-0.3, -0.25) is 9.46 Å². The molecule has 0 spiro atoms. The maximum atomic E-state index is 14.0. The van der Waals surface area contributed by atoms with Gasteiger partial charge in [-0.1, -0.05) is 91.0 Å². The second-order valence-electron chi connectivity index (χ2n) is 7.04. The highest BCUT2D eigenvalue weighted by atomic mass is 31.2. The Kier molecular flexibility index (Phi) is 8.41. The van der Waals surface area contributed by atoms with Crippen molar-refractivity contribution in [1.82, 2.24) is 4.90 Å². The molecule has 0 N–H and O–H groups in total. The van der Waals surface area contributed by atoms with Crippen molar-refractivity contribution in [3.05, 3.63) is 108 Å². The van der Waals surface area contributed by atoms with Gasteiger partial charge in [-0.15, -0.1) is 0 Å². The minimum absolute atomic E-state index is 0.325. The molecule has 0 aliphatic carbocycles. The van der Waals surface area contributed by atoms with Crippen molar-refractivity contribution >= 4 is 7.60 Å². The van der Waals surface area contributed by atoms with Crippen LogP contribution >= 0.6 is 7.60 Å². The molecule has 0 fully saturated rings. The Hall–Kier alpha value is -2.23. The molecule has 5 heteroatoms. The van der Waals surface area contributed by atoms with E-state index in [0.717, 1.165) is 16.7 Å². The summed E-state index contributed by atoms with van der Waals surface area (Å²) in [5, 5.41) is 0. The topological polar surface area (TPSA) is 38.8 Å². The molecule has 3 aromatic carbocycles. The Morgan fingerprint density at radius 2 is 1.10 bits per heavy atom. The molecule has 30 heavy (non-hydrogen) atoms. The monoisotopic (exact) mass is 423 g/mol. The van der Waals surface area contributed by atoms with E-state index in [9.17, 15) is 4.57 Å². The van der Waals surface area contributed by atoms with Gasteiger partial charge in [0, 0.05) is 13.1 Å². The quantitative estimate of drug-likeness (QED) is 0.324. The lowest BCUT2D eigenvalue weighted by Gasteiger charge is -2.36. The Morgan fingerprint density at radius 1 is 0.700 bits per heavy atom. The molecule has 0 aliphatic heterocycles. The Labute approximate surface area is 180 Å². The van der Waals surface area contributed by atoms with E-state index in [1.807, 2.05) is 80.6 Å². The first-order chi connectivity index (χ1) is 14.7.